The maximum Gasteiger partial charge on any atom is 0.106 e. The Morgan fingerprint density at radius 3 is 2.45 bits per heavy atom. The van der Waals surface area contributed by atoms with Gasteiger partial charge in [-0.1, -0.05) is 44.2 Å². The molecule has 1 aromatic heterocycles. The Morgan fingerprint density at radius 1 is 1.15 bits per heavy atom. The fourth-order valence-corrected chi connectivity index (χ4v) is 2.80. The van der Waals surface area contributed by atoms with Crippen LogP contribution in [0.2, 0.25) is 0 Å². The molecule has 0 radical (unpaired) electrons. The topological polar surface area (TPSA) is 24.9 Å². The van der Waals surface area contributed by atoms with Crippen LogP contribution in [0.15, 0.2) is 53.3 Å². The predicted octanol–water partition coefficient (Wildman–Crippen LogP) is 5.01. The molecule has 1 heterocycles. The van der Waals surface area contributed by atoms with Gasteiger partial charge < -0.3 is 5.32 Å². The number of nitrogens with one attached hydrogen (secondary N) is 1. The van der Waals surface area contributed by atoms with Crippen molar-refractivity contribution < 1.29 is 0 Å². The molecule has 1 atom stereocenters. The number of pyridine rings is 1. The quantitative estimate of drug-likeness (QED) is 0.778. The van der Waals surface area contributed by atoms with Gasteiger partial charge >= 0.3 is 0 Å². The van der Waals surface area contributed by atoms with Crippen LogP contribution in [0.25, 0.3) is 0 Å². The monoisotopic (exact) mass is 332 g/mol. The van der Waals surface area contributed by atoms with Crippen LogP contribution in [0.3, 0.4) is 0 Å². The van der Waals surface area contributed by atoms with E-state index in [1.54, 1.807) is 0 Å². The van der Waals surface area contributed by atoms with Gasteiger partial charge in [-0.3, -0.25) is 0 Å². The standard InChI is InChI=1S/C17H21BrN2/c1-13(20-15-9-10-16(18)19-12-15)11-17(2,3)14-7-5-4-6-8-14/h4-10,12-13,20H,11H2,1-3H3. The van der Waals surface area contributed by atoms with Crippen LogP contribution in [0.5, 0.6) is 0 Å². The number of nitrogens with zero attached hydrogens (tertiary/aromatic N) is 1. The lowest BCUT2D eigenvalue weighted by Crippen LogP contribution is -2.27. The molecule has 0 aliphatic carbocycles. The SMILES string of the molecule is CC(CC(C)(C)c1ccccc1)Nc1ccc(Br)nc1. The minimum Gasteiger partial charge on any atom is -0.381 e. The summed E-state index contributed by atoms with van der Waals surface area (Å²) in [7, 11) is 0. The summed E-state index contributed by atoms with van der Waals surface area (Å²) in [6.07, 6.45) is 2.92. The summed E-state index contributed by atoms with van der Waals surface area (Å²) in [4.78, 5) is 4.24. The highest BCUT2D eigenvalue weighted by Crippen LogP contribution is 2.29. The fraction of sp³-hybridized carbons (Fsp3) is 0.353. The van der Waals surface area contributed by atoms with E-state index in [1.165, 1.54) is 5.56 Å². The molecule has 0 aliphatic heterocycles. The second kappa shape index (κ2) is 6.40. The fourth-order valence-electron chi connectivity index (χ4n) is 2.57. The molecule has 0 bridgehead atoms. The molecule has 2 nitrogen and oxygen atoms in total. The van der Waals surface area contributed by atoms with E-state index in [4.69, 9.17) is 0 Å². The second-order valence-corrected chi connectivity index (χ2v) is 6.68. The van der Waals surface area contributed by atoms with E-state index in [-0.39, 0.29) is 5.41 Å². The third kappa shape index (κ3) is 4.07. The van der Waals surface area contributed by atoms with Crippen LogP contribution in [0.1, 0.15) is 32.8 Å². The molecule has 2 rings (SSSR count). The van der Waals surface area contributed by atoms with Crippen molar-refractivity contribution in [2.45, 2.75) is 38.6 Å². The molecule has 3 heteroatoms. The minimum atomic E-state index is 0.149. The van der Waals surface area contributed by atoms with Gasteiger partial charge in [0.05, 0.1) is 11.9 Å². The highest BCUT2D eigenvalue weighted by molar-refractivity contribution is 9.10. The number of benzene rings is 1. The van der Waals surface area contributed by atoms with Gasteiger partial charge in [-0.05, 0) is 52.4 Å². The van der Waals surface area contributed by atoms with Crippen molar-refractivity contribution in [1.29, 1.82) is 0 Å². The maximum atomic E-state index is 4.24. The van der Waals surface area contributed by atoms with Gasteiger partial charge in [0.25, 0.3) is 0 Å². The molecule has 0 amide bonds. The lowest BCUT2D eigenvalue weighted by atomic mass is 9.79. The molecule has 0 fully saturated rings. The Labute approximate surface area is 129 Å². The third-order valence-corrected chi connectivity index (χ3v) is 3.98. The first-order valence-electron chi connectivity index (χ1n) is 6.91. The van der Waals surface area contributed by atoms with Crippen LogP contribution in [-0.2, 0) is 5.41 Å². The number of aromatic nitrogens is 1. The molecule has 0 saturated heterocycles. The molecule has 1 N–H and O–H groups in total. The zero-order chi connectivity index (χ0) is 14.6. The Balaban J connectivity index is 2.00. The largest absolute Gasteiger partial charge is 0.381 e. The van der Waals surface area contributed by atoms with Crippen molar-refractivity contribution in [1.82, 2.24) is 4.98 Å². The molecule has 0 saturated carbocycles. The summed E-state index contributed by atoms with van der Waals surface area (Å²) in [6, 6.07) is 15.1. The zero-order valence-electron chi connectivity index (χ0n) is 12.2. The van der Waals surface area contributed by atoms with Crippen LogP contribution in [0.4, 0.5) is 5.69 Å². The van der Waals surface area contributed by atoms with E-state index in [2.05, 4.69) is 77.3 Å². The smallest absolute Gasteiger partial charge is 0.106 e. The van der Waals surface area contributed by atoms with Gasteiger partial charge in [-0.25, -0.2) is 4.98 Å². The summed E-state index contributed by atoms with van der Waals surface area (Å²) < 4.78 is 0.861. The summed E-state index contributed by atoms with van der Waals surface area (Å²) in [5, 5.41) is 3.51. The van der Waals surface area contributed by atoms with Gasteiger partial charge in [0, 0.05) is 6.04 Å². The molecule has 2 aromatic rings. The first-order valence-corrected chi connectivity index (χ1v) is 7.70. The number of anilines is 1. The van der Waals surface area contributed by atoms with Gasteiger partial charge in [0.2, 0.25) is 0 Å². The van der Waals surface area contributed by atoms with Gasteiger partial charge in [0.1, 0.15) is 4.60 Å². The number of hydrogen-bond acceptors (Lipinski definition) is 2. The van der Waals surface area contributed by atoms with E-state index in [9.17, 15) is 0 Å². The van der Waals surface area contributed by atoms with Gasteiger partial charge in [-0.2, -0.15) is 0 Å². The Kier molecular flexibility index (Phi) is 4.81. The second-order valence-electron chi connectivity index (χ2n) is 5.87. The van der Waals surface area contributed by atoms with Crippen molar-refractivity contribution >= 4 is 21.6 Å². The molecular weight excluding hydrogens is 312 g/mol. The summed E-state index contributed by atoms with van der Waals surface area (Å²) in [6.45, 7) is 6.80. The van der Waals surface area contributed by atoms with Crippen molar-refractivity contribution in [3.05, 3.63) is 58.8 Å². The van der Waals surface area contributed by atoms with Crippen LogP contribution in [-0.4, -0.2) is 11.0 Å². The van der Waals surface area contributed by atoms with Gasteiger partial charge in [0.15, 0.2) is 0 Å². The average molecular weight is 333 g/mol. The summed E-state index contributed by atoms with van der Waals surface area (Å²) in [5.41, 5.74) is 2.59. The molecule has 1 unspecified atom stereocenters. The molecule has 106 valence electrons. The van der Waals surface area contributed by atoms with Crippen molar-refractivity contribution in [3.8, 4) is 0 Å². The molecule has 20 heavy (non-hydrogen) atoms. The van der Waals surface area contributed by atoms with Crippen LogP contribution < -0.4 is 5.32 Å². The predicted molar refractivity (Wildman–Crippen MR) is 89.1 cm³/mol. The van der Waals surface area contributed by atoms with Crippen molar-refractivity contribution in [2.24, 2.45) is 0 Å². The first-order chi connectivity index (χ1) is 9.47. The van der Waals surface area contributed by atoms with E-state index < -0.39 is 0 Å². The number of rotatable bonds is 5. The number of halogens is 1. The van der Waals surface area contributed by atoms with E-state index in [0.29, 0.717) is 6.04 Å². The zero-order valence-corrected chi connectivity index (χ0v) is 13.8. The lowest BCUT2D eigenvalue weighted by molar-refractivity contribution is 0.450. The van der Waals surface area contributed by atoms with E-state index in [1.807, 2.05) is 18.3 Å². The maximum absolute atomic E-state index is 4.24. The summed E-state index contributed by atoms with van der Waals surface area (Å²) >= 11 is 3.35. The summed E-state index contributed by atoms with van der Waals surface area (Å²) in [5.74, 6) is 0. The first kappa shape index (κ1) is 15.0. The molecular formula is C17H21BrN2. The highest BCUT2D eigenvalue weighted by Gasteiger charge is 2.23. The Hall–Kier alpha value is -1.35. The molecule has 0 aliphatic rings. The van der Waals surface area contributed by atoms with Gasteiger partial charge in [-0.15, -0.1) is 0 Å². The van der Waals surface area contributed by atoms with E-state index in [0.717, 1.165) is 16.7 Å². The number of hydrogen-bond donors (Lipinski definition) is 1. The molecule has 0 spiro atoms. The third-order valence-electron chi connectivity index (χ3n) is 3.51. The van der Waals surface area contributed by atoms with Crippen LogP contribution >= 0.6 is 15.9 Å². The minimum absolute atomic E-state index is 0.149. The van der Waals surface area contributed by atoms with Crippen molar-refractivity contribution in [2.75, 3.05) is 5.32 Å². The highest BCUT2D eigenvalue weighted by atomic mass is 79.9. The molecule has 1 aromatic carbocycles. The lowest BCUT2D eigenvalue weighted by Gasteiger charge is -2.29. The Bertz CT molecular complexity index is 535. The van der Waals surface area contributed by atoms with Crippen LogP contribution in [0, 0.1) is 0 Å². The normalized spacial score (nSPS) is 13.0. The Morgan fingerprint density at radius 2 is 1.85 bits per heavy atom. The van der Waals surface area contributed by atoms with E-state index >= 15 is 0 Å². The van der Waals surface area contributed by atoms with Crippen molar-refractivity contribution in [3.63, 3.8) is 0 Å². The average Bonchev–Trinajstić information content (AvgIpc) is 2.42.